The van der Waals surface area contributed by atoms with E-state index in [4.69, 9.17) is 11.6 Å². The maximum absolute atomic E-state index is 12.1. The van der Waals surface area contributed by atoms with Gasteiger partial charge in [-0.15, -0.1) is 0 Å². The zero-order chi connectivity index (χ0) is 13.8. The summed E-state index contributed by atoms with van der Waals surface area (Å²) in [5.41, 5.74) is 0.452. The van der Waals surface area contributed by atoms with Crippen LogP contribution in [0.1, 0.15) is 26.0 Å². The SMILES string of the molecule is CCSCCC(C)NS(=O)(=O)c1sc(Cl)nc1C. The summed E-state index contributed by atoms with van der Waals surface area (Å²) in [5.74, 6) is 1.99. The van der Waals surface area contributed by atoms with Gasteiger partial charge in [0.1, 0.15) is 0 Å². The minimum absolute atomic E-state index is 0.0886. The van der Waals surface area contributed by atoms with Gasteiger partial charge in [0.2, 0.25) is 0 Å². The van der Waals surface area contributed by atoms with Gasteiger partial charge in [-0.25, -0.2) is 18.1 Å². The standard InChI is InChI=1S/C10H17ClN2O2S3/c1-4-16-6-5-7(2)13-18(14,15)9-8(3)12-10(11)17-9/h7,13H,4-6H2,1-3H3. The Balaban J connectivity index is 2.67. The highest BCUT2D eigenvalue weighted by Crippen LogP contribution is 2.26. The molecule has 0 aromatic carbocycles. The highest BCUT2D eigenvalue weighted by molar-refractivity contribution is 7.99. The smallest absolute Gasteiger partial charge is 0.229 e. The van der Waals surface area contributed by atoms with Crippen molar-refractivity contribution >= 4 is 44.7 Å². The molecule has 1 atom stereocenters. The number of nitrogens with one attached hydrogen (secondary N) is 1. The van der Waals surface area contributed by atoms with Gasteiger partial charge in [-0.2, -0.15) is 11.8 Å². The van der Waals surface area contributed by atoms with Crippen molar-refractivity contribution in [3.63, 3.8) is 0 Å². The van der Waals surface area contributed by atoms with Crippen molar-refractivity contribution in [1.82, 2.24) is 9.71 Å². The Labute approximate surface area is 122 Å². The molecule has 8 heteroatoms. The lowest BCUT2D eigenvalue weighted by Gasteiger charge is -2.13. The van der Waals surface area contributed by atoms with Gasteiger partial charge in [-0.1, -0.05) is 29.9 Å². The second kappa shape index (κ2) is 7.09. The second-order valence-electron chi connectivity index (χ2n) is 3.85. The molecule has 0 spiro atoms. The van der Waals surface area contributed by atoms with Gasteiger partial charge < -0.3 is 0 Å². The van der Waals surface area contributed by atoms with E-state index in [1.807, 2.05) is 6.92 Å². The van der Waals surface area contributed by atoms with Crippen LogP contribution in [0.15, 0.2) is 4.21 Å². The predicted octanol–water partition coefficient (Wildman–Crippen LogP) is 2.91. The Morgan fingerprint density at radius 3 is 2.72 bits per heavy atom. The second-order valence-corrected chi connectivity index (χ2v) is 8.73. The van der Waals surface area contributed by atoms with Crippen LogP contribution in [0, 0.1) is 6.92 Å². The molecule has 0 fully saturated rings. The number of hydrogen-bond acceptors (Lipinski definition) is 5. The lowest BCUT2D eigenvalue weighted by molar-refractivity contribution is 0.558. The lowest BCUT2D eigenvalue weighted by Crippen LogP contribution is -2.32. The lowest BCUT2D eigenvalue weighted by atomic mass is 10.3. The summed E-state index contributed by atoms with van der Waals surface area (Å²) in [7, 11) is -3.49. The average Bonchev–Trinajstić information content (AvgIpc) is 2.58. The zero-order valence-corrected chi connectivity index (χ0v) is 13.8. The number of halogens is 1. The molecule has 0 aliphatic heterocycles. The van der Waals surface area contributed by atoms with E-state index < -0.39 is 10.0 Å². The van der Waals surface area contributed by atoms with Crippen LogP contribution in [0.5, 0.6) is 0 Å². The third-order valence-electron chi connectivity index (χ3n) is 2.23. The Kier molecular flexibility index (Phi) is 6.40. The highest BCUT2D eigenvalue weighted by Gasteiger charge is 2.23. The molecule has 1 unspecified atom stereocenters. The fraction of sp³-hybridized carbons (Fsp3) is 0.700. The fourth-order valence-electron chi connectivity index (χ4n) is 1.38. The van der Waals surface area contributed by atoms with E-state index in [0.717, 1.165) is 29.3 Å². The van der Waals surface area contributed by atoms with E-state index in [-0.39, 0.29) is 14.7 Å². The van der Waals surface area contributed by atoms with Crippen molar-refractivity contribution in [2.24, 2.45) is 0 Å². The van der Waals surface area contributed by atoms with Gasteiger partial charge in [0.15, 0.2) is 8.68 Å². The molecule has 0 bridgehead atoms. The molecule has 104 valence electrons. The molecule has 1 aromatic rings. The summed E-state index contributed by atoms with van der Waals surface area (Å²) in [5, 5.41) is 0. The van der Waals surface area contributed by atoms with E-state index in [0.29, 0.717) is 5.69 Å². The monoisotopic (exact) mass is 328 g/mol. The summed E-state index contributed by atoms with van der Waals surface area (Å²) >= 11 is 8.51. The normalized spacial score (nSPS) is 13.8. The largest absolute Gasteiger partial charge is 0.252 e. The van der Waals surface area contributed by atoms with E-state index in [2.05, 4.69) is 16.6 Å². The molecular formula is C10H17ClN2O2S3. The molecule has 18 heavy (non-hydrogen) atoms. The van der Waals surface area contributed by atoms with Crippen molar-refractivity contribution in [3.05, 3.63) is 10.2 Å². The molecule has 4 nitrogen and oxygen atoms in total. The van der Waals surface area contributed by atoms with E-state index in [1.165, 1.54) is 0 Å². The first-order valence-corrected chi connectivity index (χ1v) is 9.43. The third-order valence-corrected chi connectivity index (χ3v) is 6.62. The third kappa shape index (κ3) is 4.70. The summed E-state index contributed by atoms with van der Waals surface area (Å²) < 4.78 is 27.3. The number of thioether (sulfide) groups is 1. The van der Waals surface area contributed by atoms with E-state index in [9.17, 15) is 8.42 Å². The first-order valence-electron chi connectivity index (χ1n) is 5.59. The van der Waals surface area contributed by atoms with Gasteiger partial charge in [-0.05, 0) is 31.8 Å². The number of aryl methyl sites for hydroxylation is 1. The molecule has 0 amide bonds. The molecule has 1 rings (SSSR count). The number of hydrogen-bond donors (Lipinski definition) is 1. The Morgan fingerprint density at radius 1 is 1.56 bits per heavy atom. The van der Waals surface area contributed by atoms with Gasteiger partial charge in [0.05, 0.1) is 5.69 Å². The summed E-state index contributed by atoms with van der Waals surface area (Å²) in [6.07, 6.45) is 0.809. The zero-order valence-electron chi connectivity index (χ0n) is 10.6. The fourth-order valence-corrected chi connectivity index (χ4v) is 5.22. The van der Waals surface area contributed by atoms with Crippen molar-refractivity contribution in [2.45, 2.75) is 37.4 Å². The van der Waals surface area contributed by atoms with E-state index >= 15 is 0 Å². The summed E-state index contributed by atoms with van der Waals surface area (Å²) in [6, 6.07) is -0.0886. The van der Waals surface area contributed by atoms with E-state index in [1.54, 1.807) is 18.7 Å². The molecule has 0 saturated carbocycles. The highest BCUT2D eigenvalue weighted by atomic mass is 35.5. The number of thiazole rings is 1. The number of sulfonamides is 1. The minimum atomic E-state index is -3.49. The average molecular weight is 329 g/mol. The topological polar surface area (TPSA) is 59.1 Å². The molecule has 1 N–H and O–H groups in total. The number of nitrogens with zero attached hydrogens (tertiary/aromatic N) is 1. The van der Waals surface area contributed by atoms with Crippen molar-refractivity contribution in [2.75, 3.05) is 11.5 Å². The van der Waals surface area contributed by atoms with Gasteiger partial charge >= 0.3 is 0 Å². The van der Waals surface area contributed by atoms with Crippen molar-refractivity contribution in [3.8, 4) is 0 Å². The Hall–Kier alpha value is 0.180. The van der Waals surface area contributed by atoms with Gasteiger partial charge in [-0.3, -0.25) is 0 Å². The summed E-state index contributed by atoms with van der Waals surface area (Å²) in [6.45, 7) is 5.60. The molecule has 1 aromatic heterocycles. The first kappa shape index (κ1) is 16.2. The number of rotatable bonds is 7. The van der Waals surface area contributed by atoms with Crippen LogP contribution in [0.2, 0.25) is 4.47 Å². The summed E-state index contributed by atoms with van der Waals surface area (Å²) in [4.78, 5) is 3.92. The quantitative estimate of drug-likeness (QED) is 0.782. The van der Waals surface area contributed by atoms with Gasteiger partial charge in [0.25, 0.3) is 10.0 Å². The molecule has 0 aliphatic rings. The number of aromatic nitrogens is 1. The maximum atomic E-state index is 12.1. The van der Waals surface area contributed by atoms with Crippen molar-refractivity contribution < 1.29 is 8.42 Å². The van der Waals surface area contributed by atoms with Gasteiger partial charge in [0, 0.05) is 6.04 Å². The molecule has 0 aliphatic carbocycles. The van der Waals surface area contributed by atoms with Crippen LogP contribution >= 0.6 is 34.7 Å². The van der Waals surface area contributed by atoms with Crippen LogP contribution in [0.25, 0.3) is 0 Å². The maximum Gasteiger partial charge on any atom is 0.252 e. The molecule has 0 radical (unpaired) electrons. The van der Waals surface area contributed by atoms with Crippen LogP contribution < -0.4 is 4.72 Å². The van der Waals surface area contributed by atoms with Crippen molar-refractivity contribution in [1.29, 1.82) is 0 Å². The molecule has 0 saturated heterocycles. The first-order chi connectivity index (χ1) is 8.36. The Bertz CT molecular complexity index is 487. The van der Waals surface area contributed by atoms with Crippen LogP contribution in [0.4, 0.5) is 0 Å². The Morgan fingerprint density at radius 2 is 2.22 bits per heavy atom. The van der Waals surface area contributed by atoms with Crippen LogP contribution in [0.3, 0.4) is 0 Å². The predicted molar refractivity (Wildman–Crippen MR) is 79.3 cm³/mol. The van der Waals surface area contributed by atoms with Crippen LogP contribution in [-0.2, 0) is 10.0 Å². The molecular weight excluding hydrogens is 312 g/mol. The van der Waals surface area contributed by atoms with Crippen LogP contribution in [-0.4, -0.2) is 30.9 Å². The minimum Gasteiger partial charge on any atom is -0.229 e. The molecule has 1 heterocycles.